The number of ether oxygens (including phenoxy) is 1. The van der Waals surface area contributed by atoms with Crippen molar-refractivity contribution in [3.8, 4) is 5.75 Å². The molecule has 4 aromatic rings. The first kappa shape index (κ1) is 27.4. The lowest BCUT2D eigenvalue weighted by molar-refractivity contribution is -0.129. The Morgan fingerprint density at radius 3 is 2.77 bits per heavy atom. The van der Waals surface area contributed by atoms with Crippen molar-refractivity contribution in [2.24, 2.45) is 0 Å². The van der Waals surface area contributed by atoms with Gasteiger partial charge in [0.15, 0.2) is 11.6 Å². The molecule has 2 heterocycles. The van der Waals surface area contributed by atoms with E-state index < -0.39 is 17.5 Å². The van der Waals surface area contributed by atoms with Crippen molar-refractivity contribution in [2.75, 3.05) is 30.3 Å². The van der Waals surface area contributed by atoms with E-state index in [1.54, 1.807) is 13.1 Å². The van der Waals surface area contributed by atoms with Gasteiger partial charge in [-0.25, -0.2) is 18.7 Å². The van der Waals surface area contributed by atoms with Gasteiger partial charge in [0.05, 0.1) is 29.7 Å². The summed E-state index contributed by atoms with van der Waals surface area (Å²) in [5, 5.41) is 10.4. The van der Waals surface area contributed by atoms with E-state index in [0.29, 0.717) is 42.3 Å². The fourth-order valence-corrected chi connectivity index (χ4v) is 3.96. The Balaban J connectivity index is 1.35. The second kappa shape index (κ2) is 12.8. The van der Waals surface area contributed by atoms with Crippen molar-refractivity contribution < 1.29 is 23.1 Å². The third-order valence-corrected chi connectivity index (χ3v) is 5.82. The number of amides is 2. The van der Waals surface area contributed by atoms with E-state index in [0.717, 1.165) is 24.4 Å². The first-order valence-corrected chi connectivity index (χ1v) is 12.5. The number of halogens is 2. The second-order valence-corrected chi connectivity index (χ2v) is 8.81. The molecule has 0 aliphatic heterocycles. The van der Waals surface area contributed by atoms with Crippen LogP contribution < -0.4 is 15.4 Å². The largest absolute Gasteiger partial charge is 0.493 e. The van der Waals surface area contributed by atoms with Crippen molar-refractivity contribution in [3.63, 3.8) is 0 Å². The van der Waals surface area contributed by atoms with Gasteiger partial charge >= 0.3 is 0 Å². The summed E-state index contributed by atoms with van der Waals surface area (Å²) in [6.45, 7) is 5.25. The zero-order valence-electron chi connectivity index (χ0n) is 21.7. The van der Waals surface area contributed by atoms with E-state index >= 15 is 0 Å². The summed E-state index contributed by atoms with van der Waals surface area (Å²) in [7, 11) is 0. The summed E-state index contributed by atoms with van der Waals surface area (Å²) < 4.78 is 34.4. The smallest absolute Gasteiger partial charge is 0.246 e. The van der Waals surface area contributed by atoms with Gasteiger partial charge in [0.25, 0.3) is 0 Å². The average molecular weight is 538 g/mol. The van der Waals surface area contributed by atoms with Gasteiger partial charge in [-0.2, -0.15) is 5.10 Å². The molecule has 0 unspecified atom stereocenters. The molecular formula is C27H29F2N7O3. The summed E-state index contributed by atoms with van der Waals surface area (Å²) >= 11 is 0. The van der Waals surface area contributed by atoms with E-state index in [2.05, 4.69) is 25.7 Å². The summed E-state index contributed by atoms with van der Waals surface area (Å²) in [5.41, 5.74) is 1.00. The molecule has 0 spiro atoms. The number of carbonyl (C=O) groups is 2. The van der Waals surface area contributed by atoms with Crippen molar-refractivity contribution >= 4 is 39.9 Å². The molecule has 39 heavy (non-hydrogen) atoms. The van der Waals surface area contributed by atoms with Gasteiger partial charge in [0, 0.05) is 37.7 Å². The van der Waals surface area contributed by atoms with E-state index in [1.165, 1.54) is 29.3 Å². The molecule has 0 aliphatic carbocycles. The minimum absolute atomic E-state index is 0.0624. The number of fused-ring (bicyclic) bond motifs is 1. The Labute approximate surface area is 224 Å². The van der Waals surface area contributed by atoms with Crippen molar-refractivity contribution in [3.05, 3.63) is 66.8 Å². The molecule has 12 heteroatoms. The summed E-state index contributed by atoms with van der Waals surface area (Å²) in [4.78, 5) is 34.4. The Hall–Kier alpha value is -4.61. The number of aromatic nitrogens is 4. The van der Waals surface area contributed by atoms with Crippen molar-refractivity contribution in [1.29, 1.82) is 0 Å². The lowest BCUT2D eigenvalue weighted by Crippen LogP contribution is -2.31. The van der Waals surface area contributed by atoms with Gasteiger partial charge in [0.2, 0.25) is 11.8 Å². The maximum atomic E-state index is 13.8. The van der Waals surface area contributed by atoms with Crippen LogP contribution in [0.5, 0.6) is 5.75 Å². The minimum atomic E-state index is -1.12. The normalized spacial score (nSPS) is 10.9. The number of nitrogens with zero attached hydrogens (tertiary/aromatic N) is 5. The van der Waals surface area contributed by atoms with Crippen molar-refractivity contribution in [2.45, 2.75) is 33.2 Å². The van der Waals surface area contributed by atoms with Gasteiger partial charge in [-0.05, 0) is 37.1 Å². The van der Waals surface area contributed by atoms with Crippen LogP contribution in [-0.4, -0.2) is 56.2 Å². The number of hydrogen-bond donors (Lipinski definition) is 2. The van der Waals surface area contributed by atoms with Crippen LogP contribution in [0.2, 0.25) is 0 Å². The Kier molecular flexibility index (Phi) is 8.97. The van der Waals surface area contributed by atoms with Crippen LogP contribution in [-0.2, 0) is 16.1 Å². The summed E-state index contributed by atoms with van der Waals surface area (Å²) in [6.07, 6.45) is 6.16. The molecule has 0 bridgehead atoms. The topological polar surface area (TPSA) is 114 Å². The van der Waals surface area contributed by atoms with Crippen LogP contribution in [0.15, 0.2) is 55.1 Å². The van der Waals surface area contributed by atoms with Crippen LogP contribution in [0.4, 0.5) is 26.0 Å². The van der Waals surface area contributed by atoms with Gasteiger partial charge < -0.3 is 20.3 Å². The predicted molar refractivity (Wildman–Crippen MR) is 143 cm³/mol. The maximum Gasteiger partial charge on any atom is 0.246 e. The molecule has 0 fully saturated rings. The second-order valence-electron chi connectivity index (χ2n) is 8.81. The maximum absolute atomic E-state index is 13.8. The van der Waals surface area contributed by atoms with Crippen LogP contribution in [0.1, 0.15) is 26.7 Å². The molecule has 0 atom stereocenters. The molecule has 204 valence electrons. The molecule has 0 saturated carbocycles. The molecule has 2 amide bonds. The fourth-order valence-electron chi connectivity index (χ4n) is 3.96. The molecule has 2 aromatic heterocycles. The summed E-state index contributed by atoms with van der Waals surface area (Å²) in [5.74, 6) is -1.47. The zero-order chi connectivity index (χ0) is 27.8. The number of carbonyl (C=O) groups excluding carboxylic acids is 2. The monoisotopic (exact) mass is 537 g/mol. The van der Waals surface area contributed by atoms with Gasteiger partial charge in [-0.1, -0.05) is 13.0 Å². The molecular weight excluding hydrogens is 508 g/mol. The highest BCUT2D eigenvalue weighted by Gasteiger charge is 2.13. The quantitative estimate of drug-likeness (QED) is 0.256. The van der Waals surface area contributed by atoms with Gasteiger partial charge in [0.1, 0.15) is 24.4 Å². The first-order valence-electron chi connectivity index (χ1n) is 12.5. The molecule has 2 aromatic carbocycles. The van der Waals surface area contributed by atoms with Crippen LogP contribution in [0.3, 0.4) is 0 Å². The number of rotatable bonds is 12. The third kappa shape index (κ3) is 7.24. The van der Waals surface area contributed by atoms with E-state index in [1.807, 2.05) is 30.0 Å². The van der Waals surface area contributed by atoms with Gasteiger partial charge in [-0.15, -0.1) is 0 Å². The highest BCUT2D eigenvalue weighted by molar-refractivity contribution is 5.92. The average Bonchev–Trinajstić information content (AvgIpc) is 3.34. The molecule has 0 radical (unpaired) electrons. The number of hydrogen-bond acceptors (Lipinski definition) is 7. The molecule has 2 N–H and O–H groups in total. The Morgan fingerprint density at radius 1 is 1.13 bits per heavy atom. The van der Waals surface area contributed by atoms with Crippen LogP contribution in [0.25, 0.3) is 10.9 Å². The molecule has 0 saturated heterocycles. The summed E-state index contributed by atoms with van der Waals surface area (Å²) in [6, 6.07) is 9.04. The lowest BCUT2D eigenvalue weighted by atomic mass is 10.2. The minimum Gasteiger partial charge on any atom is -0.493 e. The van der Waals surface area contributed by atoms with Crippen LogP contribution >= 0.6 is 0 Å². The number of nitrogens with one attached hydrogen (secondary N) is 2. The molecule has 0 aliphatic rings. The number of anilines is 3. The van der Waals surface area contributed by atoms with Crippen LogP contribution in [0, 0.1) is 11.6 Å². The first-order chi connectivity index (χ1) is 18.8. The van der Waals surface area contributed by atoms with Gasteiger partial charge in [-0.3, -0.25) is 14.3 Å². The third-order valence-electron chi connectivity index (χ3n) is 5.82. The zero-order valence-corrected chi connectivity index (χ0v) is 21.7. The Bertz CT molecular complexity index is 1460. The van der Waals surface area contributed by atoms with E-state index in [-0.39, 0.29) is 18.1 Å². The highest BCUT2D eigenvalue weighted by atomic mass is 19.2. The standard InChI is InChI=1S/C27H29F2N7O3/c1-3-10-35(18(2)37)11-5-12-39-20-8-9-21-24(13-20)30-17-31-27(21)33-19-14-32-36(15-19)16-25(38)34-23-7-4-6-22(28)26(23)29/h4,6-9,13-15,17H,3,5,10-12,16H2,1-2H3,(H,34,38)(H,30,31,33). The lowest BCUT2D eigenvalue weighted by Gasteiger charge is -2.20. The molecule has 4 rings (SSSR count). The fraction of sp³-hybridized carbons (Fsp3) is 0.296. The van der Waals surface area contributed by atoms with E-state index in [4.69, 9.17) is 4.74 Å². The van der Waals surface area contributed by atoms with E-state index in [9.17, 15) is 18.4 Å². The number of benzene rings is 2. The highest BCUT2D eigenvalue weighted by Crippen LogP contribution is 2.26. The van der Waals surface area contributed by atoms with Crippen molar-refractivity contribution in [1.82, 2.24) is 24.6 Å². The Morgan fingerprint density at radius 2 is 1.97 bits per heavy atom. The SMILES string of the molecule is CCCN(CCCOc1ccc2c(Nc3cnn(CC(=O)Nc4cccc(F)c4F)c3)ncnc2c1)C(C)=O. The predicted octanol–water partition coefficient (Wildman–Crippen LogP) is 4.51. The molecule has 10 nitrogen and oxygen atoms in total.